The summed E-state index contributed by atoms with van der Waals surface area (Å²) in [5.41, 5.74) is 6.16. The number of likely N-dealkylation sites (tertiary alicyclic amines) is 1. The highest BCUT2D eigenvalue weighted by Crippen LogP contribution is 2.19. The second-order valence-electron chi connectivity index (χ2n) is 3.86. The van der Waals surface area contributed by atoms with Crippen molar-refractivity contribution in [2.75, 3.05) is 6.54 Å². The molecule has 16 heavy (non-hydrogen) atoms. The fourth-order valence-corrected chi connectivity index (χ4v) is 1.87. The molecule has 1 aromatic heterocycles. The first-order chi connectivity index (χ1) is 7.68. The number of pyridine rings is 1. The van der Waals surface area contributed by atoms with Gasteiger partial charge in [0.2, 0.25) is 11.8 Å². The second-order valence-corrected chi connectivity index (χ2v) is 3.86. The summed E-state index contributed by atoms with van der Waals surface area (Å²) in [5.74, 6) is -1.33. The van der Waals surface area contributed by atoms with Gasteiger partial charge in [-0.2, -0.15) is 0 Å². The minimum atomic E-state index is -0.637. The van der Waals surface area contributed by atoms with Crippen molar-refractivity contribution in [3.05, 3.63) is 30.1 Å². The number of hydrogen-bond acceptors (Lipinski definition) is 3. The summed E-state index contributed by atoms with van der Waals surface area (Å²) in [4.78, 5) is 28.3. The van der Waals surface area contributed by atoms with Gasteiger partial charge in [-0.25, -0.2) is 0 Å². The fourth-order valence-electron chi connectivity index (χ4n) is 1.87. The monoisotopic (exact) mass is 219 g/mol. The number of hydrogen-bond donors (Lipinski definition) is 1. The van der Waals surface area contributed by atoms with Crippen LogP contribution in [-0.4, -0.2) is 28.2 Å². The second kappa shape index (κ2) is 4.30. The predicted octanol–water partition coefficient (Wildman–Crippen LogP) is -0.0846. The quantitative estimate of drug-likeness (QED) is 0.722. The van der Waals surface area contributed by atoms with Crippen molar-refractivity contribution in [3.8, 4) is 0 Å². The summed E-state index contributed by atoms with van der Waals surface area (Å²) >= 11 is 0. The van der Waals surface area contributed by atoms with Crippen LogP contribution < -0.4 is 5.73 Å². The maximum absolute atomic E-state index is 11.8. The number of rotatable bonds is 3. The van der Waals surface area contributed by atoms with Crippen LogP contribution in [0, 0.1) is 5.92 Å². The largest absolute Gasteiger partial charge is 0.369 e. The number of primary amides is 1. The first-order valence-electron chi connectivity index (χ1n) is 5.15. The van der Waals surface area contributed by atoms with E-state index in [0.717, 1.165) is 5.56 Å². The molecule has 0 aliphatic carbocycles. The van der Waals surface area contributed by atoms with Crippen LogP contribution in [0.5, 0.6) is 0 Å². The van der Waals surface area contributed by atoms with E-state index in [9.17, 15) is 9.59 Å². The number of nitrogens with zero attached hydrogens (tertiary/aromatic N) is 2. The SMILES string of the molecule is NC(=O)[C@@H]1CCN(Cc2ccncc2)C1=O. The average Bonchev–Trinajstić information content (AvgIpc) is 2.62. The summed E-state index contributed by atoms with van der Waals surface area (Å²) in [6.45, 7) is 1.11. The summed E-state index contributed by atoms with van der Waals surface area (Å²) in [6.07, 6.45) is 3.89. The average molecular weight is 219 g/mol. The molecular formula is C11H13N3O2. The van der Waals surface area contributed by atoms with Crippen LogP contribution in [0.1, 0.15) is 12.0 Å². The van der Waals surface area contributed by atoms with Crippen LogP contribution in [0.4, 0.5) is 0 Å². The lowest BCUT2D eigenvalue weighted by Gasteiger charge is -2.15. The van der Waals surface area contributed by atoms with Gasteiger partial charge in [-0.3, -0.25) is 14.6 Å². The van der Waals surface area contributed by atoms with Gasteiger partial charge >= 0.3 is 0 Å². The molecule has 5 heteroatoms. The molecule has 1 aliphatic heterocycles. The van der Waals surface area contributed by atoms with Crippen molar-refractivity contribution < 1.29 is 9.59 Å². The smallest absolute Gasteiger partial charge is 0.235 e. The van der Waals surface area contributed by atoms with Gasteiger partial charge in [0, 0.05) is 25.5 Å². The molecule has 0 spiro atoms. The van der Waals surface area contributed by atoms with Crippen LogP contribution in [0.3, 0.4) is 0 Å². The fraction of sp³-hybridized carbons (Fsp3) is 0.364. The zero-order valence-electron chi connectivity index (χ0n) is 8.80. The first-order valence-corrected chi connectivity index (χ1v) is 5.15. The molecule has 1 saturated heterocycles. The number of aromatic nitrogens is 1. The van der Waals surface area contributed by atoms with Crippen molar-refractivity contribution in [3.63, 3.8) is 0 Å². The summed E-state index contributed by atoms with van der Waals surface area (Å²) in [7, 11) is 0. The molecule has 1 fully saturated rings. The third-order valence-electron chi connectivity index (χ3n) is 2.76. The zero-order chi connectivity index (χ0) is 11.5. The molecule has 2 rings (SSSR count). The van der Waals surface area contributed by atoms with Gasteiger partial charge in [-0.15, -0.1) is 0 Å². The Kier molecular flexibility index (Phi) is 2.85. The predicted molar refractivity (Wildman–Crippen MR) is 57.0 cm³/mol. The lowest BCUT2D eigenvalue weighted by atomic mass is 10.1. The van der Waals surface area contributed by atoms with Crippen LogP contribution in [0.15, 0.2) is 24.5 Å². The third kappa shape index (κ3) is 2.03. The Morgan fingerprint density at radius 3 is 2.75 bits per heavy atom. The number of carbonyl (C=O) groups excluding carboxylic acids is 2. The van der Waals surface area contributed by atoms with Crippen molar-refractivity contribution >= 4 is 11.8 Å². The van der Waals surface area contributed by atoms with E-state index in [0.29, 0.717) is 19.5 Å². The number of nitrogens with two attached hydrogens (primary N) is 1. The Bertz CT molecular complexity index is 405. The van der Waals surface area contributed by atoms with E-state index < -0.39 is 11.8 Å². The third-order valence-corrected chi connectivity index (χ3v) is 2.76. The van der Waals surface area contributed by atoms with E-state index in [4.69, 9.17) is 5.73 Å². The minimum absolute atomic E-state index is 0.163. The molecule has 2 N–H and O–H groups in total. The van der Waals surface area contributed by atoms with Gasteiger partial charge in [0.05, 0.1) is 0 Å². The first kappa shape index (κ1) is 10.6. The Balaban J connectivity index is 2.03. The molecule has 1 atom stereocenters. The minimum Gasteiger partial charge on any atom is -0.369 e. The number of amides is 2. The lowest BCUT2D eigenvalue weighted by molar-refractivity contribution is -0.136. The van der Waals surface area contributed by atoms with E-state index in [1.165, 1.54) is 0 Å². The van der Waals surface area contributed by atoms with Crippen molar-refractivity contribution in [2.45, 2.75) is 13.0 Å². The molecule has 0 saturated carbocycles. The molecule has 1 aliphatic rings. The molecule has 2 amide bonds. The van der Waals surface area contributed by atoms with Gasteiger partial charge in [-0.05, 0) is 24.1 Å². The highest BCUT2D eigenvalue weighted by molar-refractivity contribution is 6.00. The normalized spacial score (nSPS) is 20.1. The Hall–Kier alpha value is -1.91. The van der Waals surface area contributed by atoms with Crippen molar-refractivity contribution in [2.24, 2.45) is 11.7 Å². The molecule has 1 aromatic rings. The molecular weight excluding hydrogens is 206 g/mol. The van der Waals surface area contributed by atoms with Gasteiger partial charge in [0.1, 0.15) is 5.92 Å². The molecule has 0 bridgehead atoms. The lowest BCUT2D eigenvalue weighted by Crippen LogP contribution is -2.33. The van der Waals surface area contributed by atoms with E-state index in [1.807, 2.05) is 12.1 Å². The Labute approximate surface area is 93.3 Å². The van der Waals surface area contributed by atoms with E-state index in [2.05, 4.69) is 4.98 Å². The molecule has 2 heterocycles. The van der Waals surface area contributed by atoms with E-state index in [-0.39, 0.29) is 5.91 Å². The van der Waals surface area contributed by atoms with Crippen LogP contribution >= 0.6 is 0 Å². The maximum Gasteiger partial charge on any atom is 0.235 e. The molecule has 0 unspecified atom stereocenters. The van der Waals surface area contributed by atoms with Crippen molar-refractivity contribution in [1.29, 1.82) is 0 Å². The molecule has 0 radical (unpaired) electrons. The van der Waals surface area contributed by atoms with E-state index in [1.54, 1.807) is 17.3 Å². The van der Waals surface area contributed by atoms with Gasteiger partial charge in [0.15, 0.2) is 0 Å². The van der Waals surface area contributed by atoms with Crippen molar-refractivity contribution in [1.82, 2.24) is 9.88 Å². The summed E-state index contributed by atoms with van der Waals surface area (Å²) < 4.78 is 0. The van der Waals surface area contributed by atoms with Crippen LogP contribution in [-0.2, 0) is 16.1 Å². The number of carbonyl (C=O) groups is 2. The summed E-state index contributed by atoms with van der Waals surface area (Å²) in [5, 5.41) is 0. The highest BCUT2D eigenvalue weighted by atomic mass is 16.2. The standard InChI is InChI=1S/C11H13N3O2/c12-10(15)9-3-6-14(11(9)16)7-8-1-4-13-5-2-8/h1-2,4-5,9H,3,6-7H2,(H2,12,15)/t9-/m0/s1. The zero-order valence-corrected chi connectivity index (χ0v) is 8.80. The van der Waals surface area contributed by atoms with Crippen LogP contribution in [0.2, 0.25) is 0 Å². The highest BCUT2D eigenvalue weighted by Gasteiger charge is 2.35. The Morgan fingerprint density at radius 1 is 1.50 bits per heavy atom. The molecule has 84 valence electrons. The molecule has 0 aromatic carbocycles. The van der Waals surface area contributed by atoms with E-state index >= 15 is 0 Å². The van der Waals surface area contributed by atoms with Gasteiger partial charge in [0.25, 0.3) is 0 Å². The maximum atomic E-state index is 11.8. The molecule has 5 nitrogen and oxygen atoms in total. The van der Waals surface area contributed by atoms with Gasteiger partial charge < -0.3 is 10.6 Å². The topological polar surface area (TPSA) is 76.3 Å². The Morgan fingerprint density at radius 2 is 2.19 bits per heavy atom. The van der Waals surface area contributed by atoms with Crippen LogP contribution in [0.25, 0.3) is 0 Å². The summed E-state index contributed by atoms with van der Waals surface area (Å²) in [6, 6.07) is 3.70. The van der Waals surface area contributed by atoms with Gasteiger partial charge in [-0.1, -0.05) is 0 Å².